The van der Waals surface area contributed by atoms with Crippen molar-refractivity contribution in [1.29, 1.82) is 0 Å². The van der Waals surface area contributed by atoms with Gasteiger partial charge in [-0.05, 0) is 24.1 Å². The van der Waals surface area contributed by atoms with Crippen LogP contribution < -0.4 is 10.6 Å². The lowest BCUT2D eigenvalue weighted by molar-refractivity contribution is 0.0600. The van der Waals surface area contributed by atoms with E-state index in [0.29, 0.717) is 30.8 Å². The Morgan fingerprint density at radius 2 is 1.88 bits per heavy atom. The summed E-state index contributed by atoms with van der Waals surface area (Å²) in [7, 11) is 1.37. The number of methoxy groups -OCH3 is 1. The van der Waals surface area contributed by atoms with Crippen LogP contribution in [0.2, 0.25) is 0 Å². The van der Waals surface area contributed by atoms with E-state index in [1.54, 1.807) is 12.1 Å². The van der Waals surface area contributed by atoms with E-state index in [2.05, 4.69) is 22.3 Å². The average molecular weight is 332 g/mol. The summed E-state index contributed by atoms with van der Waals surface area (Å²) in [5, 5.41) is 6.44. The standard InChI is InChI=1S/C19H28N2O3/c1-3-4-5-6-12-21-18(15-22)11-13-20-14-16-7-9-17(10-8-16)19(23)24-2/h7-10,20-21H,3-6,11-14H2,1-2H3. The Kier molecular flexibility index (Phi) is 10.3. The maximum absolute atomic E-state index is 11.4. The third kappa shape index (κ3) is 7.95. The van der Waals surface area contributed by atoms with Gasteiger partial charge in [-0.2, -0.15) is 0 Å². The third-order valence-corrected chi connectivity index (χ3v) is 3.75. The maximum Gasteiger partial charge on any atom is 0.337 e. The minimum absolute atomic E-state index is 0.333. The van der Waals surface area contributed by atoms with Gasteiger partial charge in [0.05, 0.1) is 18.4 Å². The van der Waals surface area contributed by atoms with Crippen LogP contribution in [-0.2, 0) is 16.1 Å². The van der Waals surface area contributed by atoms with E-state index in [-0.39, 0.29) is 5.97 Å². The largest absolute Gasteiger partial charge is 0.465 e. The van der Waals surface area contributed by atoms with E-state index >= 15 is 0 Å². The molecule has 132 valence electrons. The Labute approximate surface area is 144 Å². The lowest BCUT2D eigenvalue weighted by Gasteiger charge is -2.09. The van der Waals surface area contributed by atoms with Crippen LogP contribution in [0, 0.1) is 0 Å². The summed E-state index contributed by atoms with van der Waals surface area (Å²) in [6, 6.07) is 7.28. The van der Waals surface area contributed by atoms with Crippen molar-refractivity contribution in [3.8, 4) is 0 Å². The first-order chi connectivity index (χ1) is 11.7. The molecule has 0 aromatic heterocycles. The predicted octanol–water partition coefficient (Wildman–Crippen LogP) is 2.84. The molecule has 0 spiro atoms. The van der Waals surface area contributed by atoms with Gasteiger partial charge in [-0.1, -0.05) is 38.3 Å². The zero-order valence-electron chi connectivity index (χ0n) is 14.7. The van der Waals surface area contributed by atoms with Gasteiger partial charge in [0.1, 0.15) is 5.94 Å². The second-order valence-electron chi connectivity index (χ2n) is 5.68. The predicted molar refractivity (Wildman–Crippen MR) is 95.5 cm³/mol. The van der Waals surface area contributed by atoms with Crippen LogP contribution in [0.15, 0.2) is 30.0 Å². The van der Waals surface area contributed by atoms with Gasteiger partial charge in [-0.25, -0.2) is 9.59 Å². The van der Waals surface area contributed by atoms with Crippen molar-refractivity contribution >= 4 is 11.9 Å². The number of nitrogens with one attached hydrogen (secondary N) is 2. The number of unbranched alkanes of at least 4 members (excludes halogenated alkanes) is 3. The van der Waals surface area contributed by atoms with Gasteiger partial charge in [0.2, 0.25) is 0 Å². The number of carbonyl (C=O) groups excluding carboxylic acids is 2. The van der Waals surface area contributed by atoms with Gasteiger partial charge in [0.15, 0.2) is 0 Å². The highest BCUT2D eigenvalue weighted by atomic mass is 16.5. The van der Waals surface area contributed by atoms with Crippen LogP contribution in [0.1, 0.15) is 54.9 Å². The molecule has 1 aromatic carbocycles. The highest BCUT2D eigenvalue weighted by Gasteiger charge is 2.04. The van der Waals surface area contributed by atoms with Crippen LogP contribution >= 0.6 is 0 Å². The molecule has 0 aliphatic heterocycles. The molecule has 0 bridgehead atoms. The lowest BCUT2D eigenvalue weighted by atomic mass is 10.1. The van der Waals surface area contributed by atoms with E-state index in [1.807, 2.05) is 18.1 Å². The molecular formula is C19H28N2O3. The van der Waals surface area contributed by atoms with Crippen molar-refractivity contribution in [2.75, 3.05) is 20.2 Å². The van der Waals surface area contributed by atoms with Crippen LogP contribution in [0.3, 0.4) is 0 Å². The minimum Gasteiger partial charge on any atom is -0.465 e. The Balaban J connectivity index is 2.22. The van der Waals surface area contributed by atoms with Gasteiger partial charge < -0.3 is 15.4 Å². The Morgan fingerprint density at radius 3 is 2.50 bits per heavy atom. The Bertz CT molecular complexity index is 534. The zero-order chi connectivity index (χ0) is 17.6. The van der Waals surface area contributed by atoms with Crippen LogP contribution in [0.25, 0.3) is 0 Å². The molecule has 0 atom stereocenters. The summed E-state index contributed by atoms with van der Waals surface area (Å²) in [4.78, 5) is 22.3. The topological polar surface area (TPSA) is 67.4 Å². The summed E-state index contributed by atoms with van der Waals surface area (Å²) < 4.78 is 4.67. The molecule has 2 N–H and O–H groups in total. The van der Waals surface area contributed by atoms with E-state index in [1.165, 1.54) is 26.4 Å². The van der Waals surface area contributed by atoms with E-state index < -0.39 is 0 Å². The van der Waals surface area contributed by atoms with Crippen molar-refractivity contribution in [1.82, 2.24) is 10.6 Å². The summed E-state index contributed by atoms with van der Waals surface area (Å²) in [5.41, 5.74) is 2.24. The molecule has 0 aliphatic carbocycles. The lowest BCUT2D eigenvalue weighted by Crippen LogP contribution is -2.21. The van der Waals surface area contributed by atoms with E-state index in [9.17, 15) is 9.59 Å². The van der Waals surface area contributed by atoms with Crippen molar-refractivity contribution in [3.63, 3.8) is 0 Å². The monoisotopic (exact) mass is 332 g/mol. The van der Waals surface area contributed by atoms with Gasteiger partial charge >= 0.3 is 5.97 Å². The highest BCUT2D eigenvalue weighted by Crippen LogP contribution is 2.05. The molecule has 1 rings (SSSR count). The SMILES string of the molecule is CCCCCCNC(=C=O)CCNCc1ccc(C(=O)OC)cc1. The smallest absolute Gasteiger partial charge is 0.337 e. The summed E-state index contributed by atoms with van der Waals surface area (Å²) in [6.07, 6.45) is 5.35. The van der Waals surface area contributed by atoms with E-state index in [4.69, 9.17) is 0 Å². The average Bonchev–Trinajstić information content (AvgIpc) is 2.63. The van der Waals surface area contributed by atoms with E-state index in [0.717, 1.165) is 18.5 Å². The zero-order valence-corrected chi connectivity index (χ0v) is 14.7. The van der Waals surface area contributed by atoms with Gasteiger partial charge in [-0.3, -0.25) is 0 Å². The minimum atomic E-state index is -0.333. The normalized spacial score (nSPS) is 10.1. The number of hydrogen-bond donors (Lipinski definition) is 2. The molecule has 24 heavy (non-hydrogen) atoms. The molecule has 0 saturated heterocycles. The molecule has 1 aromatic rings. The number of esters is 1. The molecule has 5 nitrogen and oxygen atoms in total. The van der Waals surface area contributed by atoms with Gasteiger partial charge in [0, 0.05) is 26.1 Å². The van der Waals surface area contributed by atoms with Crippen molar-refractivity contribution in [2.45, 2.75) is 45.6 Å². The number of hydrogen-bond acceptors (Lipinski definition) is 5. The summed E-state index contributed by atoms with van der Waals surface area (Å²) >= 11 is 0. The number of carbonyl (C=O) groups is 1. The highest BCUT2D eigenvalue weighted by molar-refractivity contribution is 5.89. The first kappa shape index (κ1) is 19.9. The van der Waals surface area contributed by atoms with Crippen LogP contribution in [0.4, 0.5) is 0 Å². The molecule has 0 fully saturated rings. The molecule has 0 radical (unpaired) electrons. The fourth-order valence-corrected chi connectivity index (χ4v) is 2.29. The van der Waals surface area contributed by atoms with Crippen molar-refractivity contribution in [2.24, 2.45) is 0 Å². The second-order valence-corrected chi connectivity index (χ2v) is 5.68. The van der Waals surface area contributed by atoms with Crippen LogP contribution in [0.5, 0.6) is 0 Å². The fraction of sp³-hybridized carbons (Fsp3) is 0.526. The molecule has 0 aliphatic rings. The quantitative estimate of drug-likeness (QED) is 0.350. The Morgan fingerprint density at radius 1 is 1.12 bits per heavy atom. The third-order valence-electron chi connectivity index (χ3n) is 3.75. The first-order valence-electron chi connectivity index (χ1n) is 8.57. The molecule has 0 saturated carbocycles. The molecule has 0 heterocycles. The van der Waals surface area contributed by atoms with Gasteiger partial charge in [-0.15, -0.1) is 0 Å². The summed E-state index contributed by atoms with van der Waals surface area (Å²) in [5.74, 6) is 1.65. The molecule has 0 unspecified atom stereocenters. The van der Waals surface area contributed by atoms with Crippen LogP contribution in [-0.4, -0.2) is 32.1 Å². The molecule has 0 amide bonds. The van der Waals surface area contributed by atoms with Gasteiger partial charge in [0.25, 0.3) is 0 Å². The Hall–Kier alpha value is -2.10. The molecule has 5 heteroatoms. The summed E-state index contributed by atoms with van der Waals surface area (Å²) in [6.45, 7) is 4.40. The number of ether oxygens (including phenoxy) is 1. The molecular weight excluding hydrogens is 304 g/mol. The van der Waals surface area contributed by atoms with Crippen molar-refractivity contribution in [3.05, 3.63) is 41.1 Å². The fourth-order valence-electron chi connectivity index (χ4n) is 2.29. The maximum atomic E-state index is 11.4. The second kappa shape index (κ2) is 12.3. The van der Waals surface area contributed by atoms with Crippen molar-refractivity contribution < 1.29 is 14.3 Å². The first-order valence-corrected chi connectivity index (χ1v) is 8.57. The number of benzene rings is 1. The number of rotatable bonds is 12.